The zero-order chi connectivity index (χ0) is 12.4. The average Bonchev–Trinajstić information content (AvgIpc) is 2.86. The Bertz CT molecular complexity index is 508. The molecule has 0 saturated heterocycles. The van der Waals surface area contributed by atoms with Crippen LogP contribution in [-0.4, -0.2) is 32.9 Å². The number of carbonyl (C=O) groups is 1. The van der Waals surface area contributed by atoms with Crippen LogP contribution in [-0.2, 0) is 7.05 Å². The normalized spacial score (nSPS) is 14.5. The van der Waals surface area contributed by atoms with Gasteiger partial charge in [0.2, 0.25) is 0 Å². The number of hydrogen-bond acceptors (Lipinski definition) is 5. The number of amidine groups is 1. The summed E-state index contributed by atoms with van der Waals surface area (Å²) in [5.74, 6) is 0.469. The Labute approximate surface area is 101 Å². The Kier molecular flexibility index (Phi) is 3.14. The van der Waals surface area contributed by atoms with Gasteiger partial charge in [0, 0.05) is 18.9 Å². The van der Waals surface area contributed by atoms with E-state index in [1.165, 1.54) is 28.6 Å². The summed E-state index contributed by atoms with van der Waals surface area (Å²) >= 11 is 1.46. The number of carbonyl (C=O) groups excluding carboxylic acids is 1. The van der Waals surface area contributed by atoms with Gasteiger partial charge in [0.25, 0.3) is 11.6 Å². The minimum Gasteiger partial charge on any atom is -0.340 e. The first kappa shape index (κ1) is 11.6. The molecule has 1 aliphatic rings. The maximum Gasteiger partial charge on any atom is 0.287 e. The van der Waals surface area contributed by atoms with Gasteiger partial charge in [-0.05, 0) is 0 Å². The second-order valence-electron chi connectivity index (χ2n) is 3.44. The fourth-order valence-corrected chi connectivity index (χ4v) is 2.17. The van der Waals surface area contributed by atoms with Gasteiger partial charge in [-0.3, -0.25) is 19.9 Å². The van der Waals surface area contributed by atoms with Gasteiger partial charge in [-0.2, -0.15) is 0 Å². The molecule has 1 amide bonds. The molecule has 0 unspecified atom stereocenters. The Morgan fingerprint density at radius 3 is 3.00 bits per heavy atom. The minimum atomic E-state index is -0.529. The number of amides is 1. The number of hydrogen-bond donors (Lipinski definition) is 1. The van der Waals surface area contributed by atoms with Gasteiger partial charge >= 0.3 is 0 Å². The maximum absolute atomic E-state index is 11.8. The van der Waals surface area contributed by atoms with Crippen molar-refractivity contribution in [2.45, 2.75) is 0 Å². The van der Waals surface area contributed by atoms with Crippen LogP contribution in [0.15, 0.2) is 17.3 Å². The third kappa shape index (κ3) is 2.47. The number of thioether (sulfide) groups is 1. The second kappa shape index (κ2) is 4.58. The van der Waals surface area contributed by atoms with Crippen molar-refractivity contribution in [3.8, 4) is 0 Å². The predicted octanol–water partition coefficient (Wildman–Crippen LogP) is 0.766. The van der Waals surface area contributed by atoms with E-state index in [-0.39, 0.29) is 17.3 Å². The number of nitrogens with zero attached hydrogens (tertiary/aromatic N) is 3. The molecule has 0 spiro atoms. The largest absolute Gasteiger partial charge is 0.340 e. The summed E-state index contributed by atoms with van der Waals surface area (Å²) in [5, 5.41) is 13.8. The van der Waals surface area contributed by atoms with Crippen molar-refractivity contribution in [2.75, 3.05) is 12.3 Å². The smallest absolute Gasteiger partial charge is 0.287 e. The number of nitro groups is 1. The van der Waals surface area contributed by atoms with Gasteiger partial charge in [-0.1, -0.05) is 11.8 Å². The number of nitrogens with one attached hydrogen (secondary N) is 1. The van der Waals surface area contributed by atoms with Crippen LogP contribution in [0, 0.1) is 10.1 Å². The molecule has 0 fully saturated rings. The van der Waals surface area contributed by atoms with Crippen molar-refractivity contribution in [1.82, 2.24) is 9.88 Å². The monoisotopic (exact) mass is 254 g/mol. The van der Waals surface area contributed by atoms with E-state index in [0.29, 0.717) is 11.7 Å². The summed E-state index contributed by atoms with van der Waals surface area (Å²) in [6.45, 7) is 0.688. The molecular formula is C9H10N4O3S. The topological polar surface area (TPSA) is 89.5 Å². The molecule has 7 nitrogen and oxygen atoms in total. The first-order chi connectivity index (χ1) is 8.08. The lowest BCUT2D eigenvalue weighted by Crippen LogP contribution is -2.28. The highest BCUT2D eigenvalue weighted by atomic mass is 32.2. The van der Waals surface area contributed by atoms with Crippen LogP contribution < -0.4 is 5.32 Å². The highest BCUT2D eigenvalue weighted by molar-refractivity contribution is 8.14. The molecular weight excluding hydrogens is 244 g/mol. The average molecular weight is 254 g/mol. The van der Waals surface area contributed by atoms with Crippen LogP contribution in [0.25, 0.3) is 0 Å². The summed E-state index contributed by atoms with van der Waals surface area (Å²) in [6, 6.07) is 1.25. The van der Waals surface area contributed by atoms with Crippen molar-refractivity contribution >= 4 is 28.5 Å². The van der Waals surface area contributed by atoms with Gasteiger partial charge in [-0.15, -0.1) is 0 Å². The standard InChI is InChI=1S/C9H10N4O3S/c1-12-5-6(13(15)16)4-7(12)8(14)11-9-10-2-3-17-9/h4-5H,2-3H2,1H3,(H,10,11,14). The van der Waals surface area contributed by atoms with E-state index < -0.39 is 4.92 Å². The summed E-state index contributed by atoms with van der Waals surface area (Å²) in [6.07, 6.45) is 1.30. The zero-order valence-electron chi connectivity index (χ0n) is 9.04. The fraction of sp³-hybridized carbons (Fsp3) is 0.333. The SMILES string of the molecule is Cn1cc([N+](=O)[O-])cc1C(=O)NC1=NCCS1. The van der Waals surface area contributed by atoms with Crippen molar-refractivity contribution in [3.63, 3.8) is 0 Å². The Hall–Kier alpha value is -1.83. The summed E-state index contributed by atoms with van der Waals surface area (Å²) in [5.41, 5.74) is 0.144. The molecule has 2 rings (SSSR count). The highest BCUT2D eigenvalue weighted by Gasteiger charge is 2.19. The van der Waals surface area contributed by atoms with E-state index in [4.69, 9.17) is 0 Å². The number of aromatic nitrogens is 1. The lowest BCUT2D eigenvalue weighted by molar-refractivity contribution is -0.384. The van der Waals surface area contributed by atoms with Crippen LogP contribution in [0.5, 0.6) is 0 Å². The van der Waals surface area contributed by atoms with Gasteiger partial charge < -0.3 is 9.88 Å². The van der Waals surface area contributed by atoms with Crippen LogP contribution in [0.1, 0.15) is 10.5 Å². The van der Waals surface area contributed by atoms with Crippen LogP contribution in [0.4, 0.5) is 5.69 Å². The van der Waals surface area contributed by atoms with Gasteiger partial charge in [0.1, 0.15) is 5.69 Å². The molecule has 1 aromatic heterocycles. The molecule has 17 heavy (non-hydrogen) atoms. The van der Waals surface area contributed by atoms with Crippen molar-refractivity contribution < 1.29 is 9.72 Å². The van der Waals surface area contributed by atoms with Crippen LogP contribution in [0.2, 0.25) is 0 Å². The Balaban J connectivity index is 2.16. The summed E-state index contributed by atoms with van der Waals surface area (Å²) < 4.78 is 1.42. The third-order valence-corrected chi connectivity index (χ3v) is 3.13. The molecule has 1 aliphatic heterocycles. The molecule has 1 N–H and O–H groups in total. The third-order valence-electron chi connectivity index (χ3n) is 2.24. The molecule has 0 atom stereocenters. The second-order valence-corrected chi connectivity index (χ2v) is 4.52. The van der Waals surface area contributed by atoms with Crippen LogP contribution in [0.3, 0.4) is 0 Å². The van der Waals surface area contributed by atoms with Crippen molar-refractivity contribution in [2.24, 2.45) is 12.0 Å². The maximum atomic E-state index is 11.8. The van der Waals surface area contributed by atoms with E-state index in [0.717, 1.165) is 5.75 Å². The van der Waals surface area contributed by atoms with E-state index in [9.17, 15) is 14.9 Å². The van der Waals surface area contributed by atoms with Gasteiger partial charge in [0.05, 0.1) is 17.7 Å². The highest BCUT2D eigenvalue weighted by Crippen LogP contribution is 2.16. The van der Waals surface area contributed by atoms with Crippen LogP contribution >= 0.6 is 11.8 Å². The lowest BCUT2D eigenvalue weighted by atomic mass is 10.4. The predicted molar refractivity (Wildman–Crippen MR) is 64.3 cm³/mol. The minimum absolute atomic E-state index is 0.0985. The molecule has 1 aromatic rings. The molecule has 0 radical (unpaired) electrons. The molecule has 0 bridgehead atoms. The Morgan fingerprint density at radius 2 is 2.47 bits per heavy atom. The van der Waals surface area contributed by atoms with Crippen molar-refractivity contribution in [1.29, 1.82) is 0 Å². The number of aliphatic imine (C=N–C) groups is 1. The summed E-state index contributed by atoms with van der Waals surface area (Å²) in [4.78, 5) is 25.9. The lowest BCUT2D eigenvalue weighted by Gasteiger charge is -2.03. The molecule has 0 aromatic carbocycles. The fourth-order valence-electron chi connectivity index (χ4n) is 1.44. The first-order valence-electron chi connectivity index (χ1n) is 4.87. The van der Waals surface area contributed by atoms with Crippen molar-refractivity contribution in [3.05, 3.63) is 28.1 Å². The number of aryl methyl sites for hydroxylation is 1. The van der Waals surface area contributed by atoms with Gasteiger partial charge in [-0.25, -0.2) is 0 Å². The number of rotatable bonds is 2. The Morgan fingerprint density at radius 1 is 1.71 bits per heavy atom. The molecule has 2 heterocycles. The van der Waals surface area contributed by atoms with E-state index >= 15 is 0 Å². The van der Waals surface area contributed by atoms with E-state index in [2.05, 4.69) is 10.3 Å². The molecule has 0 aliphatic carbocycles. The zero-order valence-corrected chi connectivity index (χ0v) is 9.86. The van der Waals surface area contributed by atoms with Gasteiger partial charge in [0.15, 0.2) is 5.17 Å². The van der Waals surface area contributed by atoms with E-state index in [1.807, 2.05) is 0 Å². The molecule has 0 saturated carbocycles. The molecule has 90 valence electrons. The molecule has 8 heteroatoms. The first-order valence-corrected chi connectivity index (χ1v) is 5.86. The summed E-state index contributed by atoms with van der Waals surface area (Å²) in [7, 11) is 1.59. The van der Waals surface area contributed by atoms with E-state index in [1.54, 1.807) is 7.05 Å². The quantitative estimate of drug-likeness (QED) is 0.623.